The molecule has 4 saturated carbocycles. The van der Waals surface area contributed by atoms with E-state index < -0.39 is 0 Å². The Kier molecular flexibility index (Phi) is 12.4. The van der Waals surface area contributed by atoms with Crippen molar-refractivity contribution in [3.63, 3.8) is 0 Å². The van der Waals surface area contributed by atoms with E-state index in [1.165, 1.54) is 83.5 Å². The lowest BCUT2D eigenvalue weighted by Gasteiger charge is -2.61. The molecule has 1 N–H and O–H groups in total. The van der Waals surface area contributed by atoms with Gasteiger partial charge in [0.15, 0.2) is 0 Å². The summed E-state index contributed by atoms with van der Waals surface area (Å²) in [5, 5.41) is 3.29. The Bertz CT molecular complexity index is 742. The van der Waals surface area contributed by atoms with E-state index in [4.69, 9.17) is 0 Å². The van der Waals surface area contributed by atoms with E-state index in [1.54, 1.807) is 0 Å². The van der Waals surface area contributed by atoms with Crippen LogP contribution in [0.3, 0.4) is 0 Å². The van der Waals surface area contributed by atoms with E-state index in [2.05, 4.69) is 52.0 Å². The molecule has 9 atom stereocenters. The van der Waals surface area contributed by atoms with Crippen LogP contribution in [-0.4, -0.2) is 38.0 Å². The molecule has 3 unspecified atom stereocenters. The quantitative estimate of drug-likeness (QED) is 0.216. The van der Waals surface area contributed by atoms with Crippen LogP contribution < -0.4 is 5.32 Å². The highest BCUT2D eigenvalue weighted by atomic mass is 127. The minimum absolute atomic E-state index is 0. The minimum Gasteiger partial charge on any atom is -0.356 e. The van der Waals surface area contributed by atoms with Crippen LogP contribution in [0.15, 0.2) is 0 Å². The van der Waals surface area contributed by atoms with Crippen molar-refractivity contribution in [2.75, 3.05) is 27.2 Å². The second-order valence-corrected chi connectivity index (χ2v) is 15.0. The van der Waals surface area contributed by atoms with Crippen LogP contribution in [0, 0.1) is 52.3 Å². The summed E-state index contributed by atoms with van der Waals surface area (Å²) in [6.07, 6.45) is 21.5. The van der Waals surface area contributed by atoms with Gasteiger partial charge in [-0.3, -0.25) is 4.79 Å². The Balaban J connectivity index is 0.00000400. The Morgan fingerprint density at radius 1 is 0.895 bits per heavy atom. The maximum atomic E-state index is 12.8. The molecule has 0 saturated heterocycles. The van der Waals surface area contributed by atoms with Crippen LogP contribution in [-0.2, 0) is 4.79 Å². The second-order valence-electron chi connectivity index (χ2n) is 15.0. The zero-order valence-electron chi connectivity index (χ0n) is 26.0. The Hall–Kier alpha value is 0.160. The topological polar surface area (TPSA) is 32.3 Å². The SMILES string of the molecule is CCCC(CCNC(=O)CCC(C)[C@H]1CC[C@H]2[C@@H]3CCC4CCCC[C@]4(C)[C@H]3CC[C@]12C)CCN(C)C.I. The van der Waals surface area contributed by atoms with Gasteiger partial charge in [-0.25, -0.2) is 0 Å². The molecule has 222 valence electrons. The van der Waals surface area contributed by atoms with Gasteiger partial charge in [0.25, 0.3) is 0 Å². The van der Waals surface area contributed by atoms with Crippen molar-refractivity contribution in [1.82, 2.24) is 10.2 Å². The molecule has 4 aliphatic rings. The first-order valence-electron chi connectivity index (χ1n) is 16.6. The zero-order valence-corrected chi connectivity index (χ0v) is 28.4. The van der Waals surface area contributed by atoms with Gasteiger partial charge in [-0.1, -0.05) is 53.4 Å². The molecular weight excluding hydrogens is 579 g/mol. The minimum atomic E-state index is 0. The first-order chi connectivity index (χ1) is 17.7. The summed E-state index contributed by atoms with van der Waals surface area (Å²) in [5.41, 5.74) is 1.17. The highest BCUT2D eigenvalue weighted by Crippen LogP contribution is 2.68. The Morgan fingerprint density at radius 3 is 2.39 bits per heavy atom. The molecule has 4 fully saturated rings. The van der Waals surface area contributed by atoms with Crippen LogP contribution in [0.1, 0.15) is 130 Å². The van der Waals surface area contributed by atoms with Crippen molar-refractivity contribution in [2.24, 2.45) is 52.3 Å². The van der Waals surface area contributed by atoms with Crippen molar-refractivity contribution in [2.45, 2.75) is 130 Å². The lowest BCUT2D eigenvalue weighted by atomic mass is 9.44. The summed E-state index contributed by atoms with van der Waals surface area (Å²) in [4.78, 5) is 15.1. The van der Waals surface area contributed by atoms with E-state index in [1.807, 2.05) is 0 Å². The molecule has 4 rings (SSSR count). The summed E-state index contributed by atoms with van der Waals surface area (Å²) >= 11 is 0. The highest BCUT2D eigenvalue weighted by molar-refractivity contribution is 14.0. The van der Waals surface area contributed by atoms with E-state index >= 15 is 0 Å². The number of nitrogens with zero attached hydrogens (tertiary/aromatic N) is 1. The van der Waals surface area contributed by atoms with Gasteiger partial charge in [-0.2, -0.15) is 0 Å². The predicted molar refractivity (Wildman–Crippen MR) is 173 cm³/mol. The number of fused-ring (bicyclic) bond motifs is 5. The lowest BCUT2D eigenvalue weighted by Crippen LogP contribution is -2.53. The molecule has 0 bridgehead atoms. The number of rotatable bonds is 12. The molecular formula is C34H63IN2O. The maximum absolute atomic E-state index is 12.8. The molecule has 0 aromatic rings. The van der Waals surface area contributed by atoms with Crippen molar-refractivity contribution in [3.8, 4) is 0 Å². The fourth-order valence-electron chi connectivity index (χ4n) is 10.6. The molecule has 0 heterocycles. The molecule has 4 heteroatoms. The van der Waals surface area contributed by atoms with E-state index in [-0.39, 0.29) is 24.0 Å². The normalized spacial score (nSPS) is 37.9. The fourth-order valence-corrected chi connectivity index (χ4v) is 10.6. The van der Waals surface area contributed by atoms with Gasteiger partial charge in [-0.15, -0.1) is 24.0 Å². The third-order valence-electron chi connectivity index (χ3n) is 12.7. The molecule has 0 aromatic carbocycles. The summed E-state index contributed by atoms with van der Waals surface area (Å²) in [6, 6.07) is 0. The van der Waals surface area contributed by atoms with Crippen molar-refractivity contribution in [1.29, 1.82) is 0 Å². The van der Waals surface area contributed by atoms with E-state index in [9.17, 15) is 4.79 Å². The molecule has 0 aromatic heterocycles. The first-order valence-corrected chi connectivity index (χ1v) is 16.6. The molecule has 4 aliphatic carbocycles. The van der Waals surface area contributed by atoms with Gasteiger partial charge in [0, 0.05) is 13.0 Å². The van der Waals surface area contributed by atoms with E-state index in [0.29, 0.717) is 22.7 Å². The number of carbonyl (C=O) groups excluding carboxylic acids is 1. The number of hydrogen-bond acceptors (Lipinski definition) is 2. The lowest BCUT2D eigenvalue weighted by molar-refractivity contribution is -0.122. The smallest absolute Gasteiger partial charge is 0.220 e. The standard InChI is InChI=1S/C34H62N2O.HI/c1-7-10-26(20-24-36(5)6)19-23-35-32(37)17-12-25(2)29-15-16-30-28-14-13-27-11-8-9-21-33(27,3)31(28)18-22-34(29,30)4;/h25-31H,7-24H2,1-6H3,(H,35,37);1H/t25?,26?,27?,28-,29+,30-,31-,33-,34+;/m0./s1. The summed E-state index contributed by atoms with van der Waals surface area (Å²) in [6.45, 7) is 12.2. The van der Waals surface area contributed by atoms with Crippen LogP contribution in [0.25, 0.3) is 0 Å². The van der Waals surface area contributed by atoms with Gasteiger partial charge in [0.2, 0.25) is 5.91 Å². The number of amides is 1. The maximum Gasteiger partial charge on any atom is 0.220 e. The highest BCUT2D eigenvalue weighted by Gasteiger charge is 2.60. The third kappa shape index (κ3) is 7.13. The first kappa shape index (κ1) is 32.7. The van der Waals surface area contributed by atoms with Crippen molar-refractivity contribution in [3.05, 3.63) is 0 Å². The van der Waals surface area contributed by atoms with Gasteiger partial charge in [0.05, 0.1) is 0 Å². The van der Waals surface area contributed by atoms with Crippen molar-refractivity contribution >= 4 is 29.9 Å². The molecule has 38 heavy (non-hydrogen) atoms. The second kappa shape index (κ2) is 14.4. The third-order valence-corrected chi connectivity index (χ3v) is 12.7. The van der Waals surface area contributed by atoms with Crippen LogP contribution in [0.2, 0.25) is 0 Å². The molecule has 1 amide bonds. The van der Waals surface area contributed by atoms with Crippen molar-refractivity contribution < 1.29 is 4.79 Å². The van der Waals surface area contributed by atoms with Crippen LogP contribution >= 0.6 is 24.0 Å². The summed E-state index contributed by atoms with van der Waals surface area (Å²) in [7, 11) is 4.32. The largest absolute Gasteiger partial charge is 0.356 e. The molecule has 3 nitrogen and oxygen atoms in total. The van der Waals surface area contributed by atoms with Gasteiger partial charge in [0.1, 0.15) is 0 Å². The molecule has 0 radical (unpaired) electrons. The number of halogens is 1. The van der Waals surface area contributed by atoms with Crippen LogP contribution in [0.5, 0.6) is 0 Å². The zero-order chi connectivity index (χ0) is 26.6. The number of carbonyl (C=O) groups is 1. The Morgan fingerprint density at radius 2 is 1.66 bits per heavy atom. The predicted octanol–water partition coefficient (Wildman–Crippen LogP) is 8.94. The number of nitrogens with one attached hydrogen (secondary N) is 1. The fraction of sp³-hybridized carbons (Fsp3) is 0.971. The van der Waals surface area contributed by atoms with E-state index in [0.717, 1.165) is 67.9 Å². The van der Waals surface area contributed by atoms with Crippen LogP contribution in [0.4, 0.5) is 0 Å². The monoisotopic (exact) mass is 642 g/mol. The Labute approximate surface area is 253 Å². The average molecular weight is 643 g/mol. The van der Waals surface area contributed by atoms with Gasteiger partial charge in [-0.05, 0) is 144 Å². The van der Waals surface area contributed by atoms with Gasteiger partial charge < -0.3 is 10.2 Å². The van der Waals surface area contributed by atoms with Gasteiger partial charge >= 0.3 is 0 Å². The number of hydrogen-bond donors (Lipinski definition) is 1. The molecule has 0 aliphatic heterocycles. The summed E-state index contributed by atoms with van der Waals surface area (Å²) in [5.74, 6) is 6.48. The average Bonchev–Trinajstić information content (AvgIpc) is 3.22. The summed E-state index contributed by atoms with van der Waals surface area (Å²) < 4.78 is 0. The molecule has 0 spiro atoms.